The number of carbonyl (C=O) groups is 1. The summed E-state index contributed by atoms with van der Waals surface area (Å²) in [5.41, 5.74) is 4.94. The standard InChI is InChI=1S/C15H13F3N2O/c16-15(17,18)12-7-6-11(8-13(12)19)14(21)20-9-10-4-2-1-3-5-10/h1-8H,9,19H2,(H,20,21). The van der Waals surface area contributed by atoms with E-state index in [1.807, 2.05) is 30.3 Å². The maximum Gasteiger partial charge on any atom is 0.418 e. The molecule has 0 heterocycles. The van der Waals surface area contributed by atoms with Crippen molar-refractivity contribution in [3.63, 3.8) is 0 Å². The number of hydrogen-bond donors (Lipinski definition) is 2. The first-order valence-corrected chi connectivity index (χ1v) is 6.17. The van der Waals surface area contributed by atoms with E-state index < -0.39 is 23.3 Å². The highest BCUT2D eigenvalue weighted by molar-refractivity contribution is 5.95. The van der Waals surface area contributed by atoms with E-state index in [4.69, 9.17) is 5.73 Å². The highest BCUT2D eigenvalue weighted by Gasteiger charge is 2.33. The Morgan fingerprint density at radius 1 is 1.10 bits per heavy atom. The van der Waals surface area contributed by atoms with Gasteiger partial charge in [-0.1, -0.05) is 30.3 Å². The maximum atomic E-state index is 12.6. The number of benzene rings is 2. The van der Waals surface area contributed by atoms with Crippen LogP contribution in [0.1, 0.15) is 21.5 Å². The molecule has 0 saturated heterocycles. The number of carbonyl (C=O) groups excluding carboxylic acids is 1. The quantitative estimate of drug-likeness (QED) is 0.854. The van der Waals surface area contributed by atoms with E-state index in [1.54, 1.807) is 0 Å². The van der Waals surface area contributed by atoms with Gasteiger partial charge in [-0.05, 0) is 23.8 Å². The summed E-state index contributed by atoms with van der Waals surface area (Å²) in [6, 6.07) is 12.1. The zero-order valence-corrected chi connectivity index (χ0v) is 10.9. The molecule has 0 aromatic heterocycles. The van der Waals surface area contributed by atoms with Crippen LogP contribution in [-0.2, 0) is 12.7 Å². The molecule has 0 unspecified atom stereocenters. The number of alkyl halides is 3. The van der Waals surface area contributed by atoms with Crippen molar-refractivity contribution in [1.82, 2.24) is 5.32 Å². The Balaban J connectivity index is 2.08. The van der Waals surface area contributed by atoms with E-state index in [9.17, 15) is 18.0 Å². The second-order valence-electron chi connectivity index (χ2n) is 4.47. The lowest BCUT2D eigenvalue weighted by atomic mass is 10.1. The lowest BCUT2D eigenvalue weighted by molar-refractivity contribution is -0.136. The summed E-state index contributed by atoms with van der Waals surface area (Å²) in [6.45, 7) is 0.292. The molecule has 0 saturated carbocycles. The summed E-state index contributed by atoms with van der Waals surface area (Å²) in [6.07, 6.45) is -4.52. The van der Waals surface area contributed by atoms with Gasteiger partial charge in [-0.3, -0.25) is 4.79 Å². The molecule has 0 atom stereocenters. The van der Waals surface area contributed by atoms with Crippen LogP contribution in [0.2, 0.25) is 0 Å². The molecule has 0 bridgehead atoms. The van der Waals surface area contributed by atoms with Crippen LogP contribution in [0.25, 0.3) is 0 Å². The monoisotopic (exact) mass is 294 g/mol. The Kier molecular flexibility index (Phi) is 4.16. The van der Waals surface area contributed by atoms with Crippen molar-refractivity contribution in [2.75, 3.05) is 5.73 Å². The predicted octanol–water partition coefficient (Wildman–Crippen LogP) is 3.22. The molecule has 0 aliphatic rings. The maximum absolute atomic E-state index is 12.6. The number of rotatable bonds is 3. The minimum Gasteiger partial charge on any atom is -0.398 e. The minimum absolute atomic E-state index is 0.0939. The van der Waals surface area contributed by atoms with Gasteiger partial charge in [0.1, 0.15) is 0 Å². The van der Waals surface area contributed by atoms with Crippen LogP contribution in [0.3, 0.4) is 0 Å². The highest BCUT2D eigenvalue weighted by atomic mass is 19.4. The Morgan fingerprint density at radius 3 is 2.33 bits per heavy atom. The fraction of sp³-hybridized carbons (Fsp3) is 0.133. The Bertz CT molecular complexity index is 639. The number of anilines is 1. The van der Waals surface area contributed by atoms with Crippen LogP contribution in [-0.4, -0.2) is 5.91 Å². The second kappa shape index (κ2) is 5.87. The van der Waals surface area contributed by atoms with Gasteiger partial charge in [0, 0.05) is 17.8 Å². The molecular formula is C15H13F3N2O. The highest BCUT2D eigenvalue weighted by Crippen LogP contribution is 2.33. The first-order valence-electron chi connectivity index (χ1n) is 6.17. The van der Waals surface area contributed by atoms with Gasteiger partial charge in [-0.2, -0.15) is 13.2 Å². The number of halogens is 3. The summed E-state index contributed by atoms with van der Waals surface area (Å²) in [7, 11) is 0. The van der Waals surface area contributed by atoms with Crippen LogP contribution < -0.4 is 11.1 Å². The fourth-order valence-electron chi connectivity index (χ4n) is 1.84. The number of hydrogen-bond acceptors (Lipinski definition) is 2. The summed E-state index contributed by atoms with van der Waals surface area (Å²) in [5, 5.41) is 2.62. The van der Waals surface area contributed by atoms with Crippen molar-refractivity contribution in [2.45, 2.75) is 12.7 Å². The smallest absolute Gasteiger partial charge is 0.398 e. The van der Waals surface area contributed by atoms with Crippen LogP contribution in [0.5, 0.6) is 0 Å². The third kappa shape index (κ3) is 3.75. The van der Waals surface area contributed by atoms with Gasteiger partial charge in [-0.25, -0.2) is 0 Å². The van der Waals surface area contributed by atoms with E-state index >= 15 is 0 Å². The number of nitrogens with two attached hydrogens (primary N) is 1. The molecule has 0 fully saturated rings. The number of nitrogen functional groups attached to an aromatic ring is 1. The molecule has 3 nitrogen and oxygen atoms in total. The fourth-order valence-corrected chi connectivity index (χ4v) is 1.84. The molecule has 2 rings (SSSR count). The van der Waals surface area contributed by atoms with Crippen LogP contribution in [0.4, 0.5) is 18.9 Å². The molecule has 110 valence electrons. The Morgan fingerprint density at radius 2 is 1.76 bits per heavy atom. The van der Waals surface area contributed by atoms with Gasteiger partial charge in [0.05, 0.1) is 5.56 Å². The molecule has 0 radical (unpaired) electrons. The van der Waals surface area contributed by atoms with E-state index in [0.29, 0.717) is 6.54 Å². The molecular weight excluding hydrogens is 281 g/mol. The van der Waals surface area contributed by atoms with Gasteiger partial charge < -0.3 is 11.1 Å². The average Bonchev–Trinajstić information content (AvgIpc) is 2.44. The summed E-state index contributed by atoms with van der Waals surface area (Å²) >= 11 is 0. The lowest BCUT2D eigenvalue weighted by Gasteiger charge is -2.11. The third-order valence-electron chi connectivity index (χ3n) is 2.92. The third-order valence-corrected chi connectivity index (χ3v) is 2.92. The topological polar surface area (TPSA) is 55.1 Å². The minimum atomic E-state index is -4.52. The van der Waals surface area contributed by atoms with Crippen molar-refractivity contribution >= 4 is 11.6 Å². The van der Waals surface area contributed by atoms with Crippen molar-refractivity contribution in [3.8, 4) is 0 Å². The SMILES string of the molecule is Nc1cc(C(=O)NCc2ccccc2)ccc1C(F)(F)F. The van der Waals surface area contributed by atoms with Crippen molar-refractivity contribution in [2.24, 2.45) is 0 Å². The van der Waals surface area contributed by atoms with Gasteiger partial charge >= 0.3 is 6.18 Å². The molecule has 2 aromatic rings. The van der Waals surface area contributed by atoms with E-state index in [0.717, 1.165) is 23.8 Å². The summed E-state index contributed by atoms with van der Waals surface area (Å²) < 4.78 is 37.7. The molecule has 2 aromatic carbocycles. The zero-order valence-electron chi connectivity index (χ0n) is 10.9. The largest absolute Gasteiger partial charge is 0.418 e. The van der Waals surface area contributed by atoms with Crippen molar-refractivity contribution < 1.29 is 18.0 Å². The molecule has 6 heteroatoms. The molecule has 0 aliphatic carbocycles. The zero-order chi connectivity index (χ0) is 15.5. The van der Waals surface area contributed by atoms with Crippen LogP contribution in [0, 0.1) is 0 Å². The van der Waals surface area contributed by atoms with E-state index in [-0.39, 0.29) is 5.56 Å². The second-order valence-corrected chi connectivity index (χ2v) is 4.47. The summed E-state index contributed by atoms with van der Waals surface area (Å²) in [5.74, 6) is -0.473. The molecule has 1 amide bonds. The summed E-state index contributed by atoms with van der Waals surface area (Å²) in [4.78, 5) is 11.9. The molecule has 0 spiro atoms. The predicted molar refractivity (Wildman–Crippen MR) is 73.5 cm³/mol. The molecule has 0 aliphatic heterocycles. The van der Waals surface area contributed by atoms with Gasteiger partial charge in [0.25, 0.3) is 5.91 Å². The molecule has 21 heavy (non-hydrogen) atoms. The first kappa shape index (κ1) is 14.9. The number of amides is 1. The average molecular weight is 294 g/mol. The van der Waals surface area contributed by atoms with E-state index in [2.05, 4.69) is 5.32 Å². The Hall–Kier alpha value is -2.50. The lowest BCUT2D eigenvalue weighted by Crippen LogP contribution is -2.23. The van der Waals surface area contributed by atoms with Crippen molar-refractivity contribution in [3.05, 3.63) is 65.2 Å². The first-order chi connectivity index (χ1) is 9.88. The normalized spacial score (nSPS) is 11.2. The Labute approximate surface area is 119 Å². The van der Waals surface area contributed by atoms with Gasteiger partial charge in [0.15, 0.2) is 0 Å². The van der Waals surface area contributed by atoms with Crippen molar-refractivity contribution in [1.29, 1.82) is 0 Å². The van der Waals surface area contributed by atoms with Crippen LogP contribution >= 0.6 is 0 Å². The van der Waals surface area contributed by atoms with E-state index in [1.165, 1.54) is 0 Å². The van der Waals surface area contributed by atoms with Gasteiger partial charge in [-0.15, -0.1) is 0 Å². The van der Waals surface area contributed by atoms with Crippen LogP contribution in [0.15, 0.2) is 48.5 Å². The van der Waals surface area contributed by atoms with Gasteiger partial charge in [0.2, 0.25) is 0 Å². The number of nitrogens with one attached hydrogen (secondary N) is 1. The molecule has 3 N–H and O–H groups in total.